The fourth-order valence-electron chi connectivity index (χ4n) is 3.13. The van der Waals surface area contributed by atoms with E-state index in [1.165, 1.54) is 11.8 Å². The first-order chi connectivity index (χ1) is 14.1. The molecule has 29 heavy (non-hydrogen) atoms. The molecule has 1 N–H and O–H groups in total. The van der Waals surface area contributed by atoms with Gasteiger partial charge in [0.25, 0.3) is 0 Å². The molecule has 4 nitrogen and oxygen atoms in total. The standard InChI is InChI=1S/C23H29ClN2O2S/c1-3-21(23(28)25-4-2)26(15-14-18-10-6-5-7-11-18)22(27)17-29-16-19-12-8-9-13-20(19)24/h5-13,21H,3-4,14-17H2,1-2H3,(H,25,28). The van der Waals surface area contributed by atoms with Crippen LogP contribution in [0.5, 0.6) is 0 Å². The van der Waals surface area contributed by atoms with Gasteiger partial charge in [-0.05, 0) is 37.0 Å². The van der Waals surface area contributed by atoms with Gasteiger partial charge in [0.05, 0.1) is 5.75 Å². The maximum Gasteiger partial charge on any atom is 0.242 e. The quantitative estimate of drug-likeness (QED) is 0.566. The van der Waals surface area contributed by atoms with Gasteiger partial charge in [-0.2, -0.15) is 0 Å². The van der Waals surface area contributed by atoms with Crippen molar-refractivity contribution < 1.29 is 9.59 Å². The minimum Gasteiger partial charge on any atom is -0.355 e. The van der Waals surface area contributed by atoms with Crippen molar-refractivity contribution in [1.82, 2.24) is 10.2 Å². The Bertz CT molecular complexity index is 785. The van der Waals surface area contributed by atoms with Crippen molar-refractivity contribution in [2.75, 3.05) is 18.8 Å². The predicted octanol–water partition coefficient (Wildman–Crippen LogP) is 4.56. The summed E-state index contributed by atoms with van der Waals surface area (Å²) in [7, 11) is 0. The Kier molecular flexibility index (Phi) is 10.1. The molecule has 1 atom stereocenters. The number of halogens is 1. The van der Waals surface area contributed by atoms with E-state index in [9.17, 15) is 9.59 Å². The number of benzene rings is 2. The largest absolute Gasteiger partial charge is 0.355 e. The number of hydrogen-bond acceptors (Lipinski definition) is 3. The molecule has 2 aromatic carbocycles. The zero-order valence-electron chi connectivity index (χ0n) is 17.1. The number of nitrogens with one attached hydrogen (secondary N) is 1. The van der Waals surface area contributed by atoms with Crippen LogP contribution in [0.25, 0.3) is 0 Å². The predicted molar refractivity (Wildman–Crippen MR) is 122 cm³/mol. The van der Waals surface area contributed by atoms with Crippen LogP contribution in [0.1, 0.15) is 31.4 Å². The van der Waals surface area contributed by atoms with E-state index < -0.39 is 6.04 Å². The van der Waals surface area contributed by atoms with E-state index in [1.807, 2.05) is 68.4 Å². The number of nitrogens with zero attached hydrogens (tertiary/aromatic N) is 1. The molecule has 156 valence electrons. The van der Waals surface area contributed by atoms with Crippen LogP contribution in [0.4, 0.5) is 0 Å². The summed E-state index contributed by atoms with van der Waals surface area (Å²) >= 11 is 7.73. The smallest absolute Gasteiger partial charge is 0.242 e. The second-order valence-corrected chi connectivity index (χ2v) is 8.12. The Morgan fingerprint density at radius 1 is 1.07 bits per heavy atom. The average Bonchev–Trinajstić information content (AvgIpc) is 2.73. The zero-order valence-corrected chi connectivity index (χ0v) is 18.6. The Morgan fingerprint density at radius 2 is 1.76 bits per heavy atom. The molecule has 0 aromatic heterocycles. The van der Waals surface area contributed by atoms with Crippen LogP contribution >= 0.6 is 23.4 Å². The summed E-state index contributed by atoms with van der Waals surface area (Å²) < 4.78 is 0. The molecule has 2 rings (SSSR count). The first kappa shape index (κ1) is 23.3. The molecular formula is C23H29ClN2O2S. The highest BCUT2D eigenvalue weighted by atomic mass is 35.5. The van der Waals surface area contributed by atoms with E-state index in [-0.39, 0.29) is 11.8 Å². The average molecular weight is 433 g/mol. The molecule has 0 fully saturated rings. The number of carbonyl (C=O) groups excluding carboxylic acids is 2. The maximum absolute atomic E-state index is 13.0. The van der Waals surface area contributed by atoms with E-state index in [1.54, 1.807) is 4.90 Å². The van der Waals surface area contributed by atoms with Crippen LogP contribution in [0.15, 0.2) is 54.6 Å². The number of carbonyl (C=O) groups is 2. The highest BCUT2D eigenvalue weighted by Crippen LogP contribution is 2.21. The monoisotopic (exact) mass is 432 g/mol. The molecule has 2 amide bonds. The lowest BCUT2D eigenvalue weighted by Crippen LogP contribution is -2.50. The second kappa shape index (κ2) is 12.6. The maximum atomic E-state index is 13.0. The molecule has 1 unspecified atom stereocenters. The van der Waals surface area contributed by atoms with Gasteiger partial charge >= 0.3 is 0 Å². The van der Waals surface area contributed by atoms with E-state index in [0.29, 0.717) is 36.0 Å². The Balaban J connectivity index is 2.04. The van der Waals surface area contributed by atoms with Crippen LogP contribution in [0.2, 0.25) is 5.02 Å². The fourth-order valence-corrected chi connectivity index (χ4v) is 4.33. The topological polar surface area (TPSA) is 49.4 Å². The first-order valence-corrected chi connectivity index (χ1v) is 11.5. The van der Waals surface area contributed by atoms with Gasteiger partial charge in [0.15, 0.2) is 0 Å². The molecule has 2 aromatic rings. The summed E-state index contributed by atoms with van der Waals surface area (Å²) in [5.74, 6) is 0.870. The molecular weight excluding hydrogens is 404 g/mol. The van der Waals surface area contributed by atoms with Gasteiger partial charge in [0.1, 0.15) is 6.04 Å². The number of amides is 2. The number of hydrogen-bond donors (Lipinski definition) is 1. The molecule has 0 aliphatic carbocycles. The summed E-state index contributed by atoms with van der Waals surface area (Å²) in [6.07, 6.45) is 1.30. The molecule has 0 bridgehead atoms. The Morgan fingerprint density at radius 3 is 2.41 bits per heavy atom. The second-order valence-electron chi connectivity index (χ2n) is 6.73. The molecule has 0 heterocycles. The molecule has 6 heteroatoms. The lowest BCUT2D eigenvalue weighted by atomic mass is 10.1. The normalized spacial score (nSPS) is 11.7. The van der Waals surface area contributed by atoms with Crippen LogP contribution in [-0.2, 0) is 21.8 Å². The summed E-state index contributed by atoms with van der Waals surface area (Å²) in [5.41, 5.74) is 2.17. The van der Waals surface area contributed by atoms with Crippen molar-refractivity contribution in [1.29, 1.82) is 0 Å². The SMILES string of the molecule is CCNC(=O)C(CC)N(CCc1ccccc1)C(=O)CSCc1ccccc1Cl. The van der Waals surface area contributed by atoms with Gasteiger partial charge in [-0.1, -0.05) is 67.1 Å². The molecule has 0 aliphatic heterocycles. The number of thioether (sulfide) groups is 1. The molecule has 0 aliphatic rings. The summed E-state index contributed by atoms with van der Waals surface area (Å²) in [4.78, 5) is 27.3. The van der Waals surface area contributed by atoms with Gasteiger partial charge in [-0.3, -0.25) is 9.59 Å². The van der Waals surface area contributed by atoms with E-state index >= 15 is 0 Å². The molecule has 0 radical (unpaired) electrons. The van der Waals surface area contributed by atoms with Crippen molar-refractivity contribution in [3.63, 3.8) is 0 Å². The van der Waals surface area contributed by atoms with Crippen molar-refractivity contribution >= 4 is 35.2 Å². The van der Waals surface area contributed by atoms with Gasteiger partial charge in [0, 0.05) is 23.9 Å². The summed E-state index contributed by atoms with van der Waals surface area (Å²) in [6, 6.07) is 17.2. The lowest BCUT2D eigenvalue weighted by molar-refractivity contribution is -0.138. The van der Waals surface area contributed by atoms with Gasteiger partial charge in [0.2, 0.25) is 11.8 Å². The summed E-state index contributed by atoms with van der Waals surface area (Å²) in [5, 5.41) is 3.57. The van der Waals surface area contributed by atoms with Crippen LogP contribution < -0.4 is 5.32 Å². The minimum atomic E-state index is -0.452. The van der Waals surface area contributed by atoms with Crippen LogP contribution in [-0.4, -0.2) is 41.6 Å². The van der Waals surface area contributed by atoms with Crippen LogP contribution in [0.3, 0.4) is 0 Å². The minimum absolute atomic E-state index is 0.0175. The third kappa shape index (κ3) is 7.41. The van der Waals surface area contributed by atoms with Crippen molar-refractivity contribution in [3.8, 4) is 0 Å². The Labute approximate surface area is 183 Å². The molecule has 0 saturated carbocycles. The van der Waals surface area contributed by atoms with Gasteiger partial charge in [-0.25, -0.2) is 0 Å². The number of rotatable bonds is 11. The van der Waals surface area contributed by atoms with Crippen molar-refractivity contribution in [3.05, 3.63) is 70.7 Å². The fraction of sp³-hybridized carbons (Fsp3) is 0.391. The van der Waals surface area contributed by atoms with Crippen molar-refractivity contribution in [2.45, 2.75) is 38.5 Å². The van der Waals surface area contributed by atoms with E-state index in [4.69, 9.17) is 11.6 Å². The highest BCUT2D eigenvalue weighted by Gasteiger charge is 2.27. The molecule has 0 spiro atoms. The van der Waals surface area contributed by atoms with Crippen molar-refractivity contribution in [2.24, 2.45) is 0 Å². The third-order valence-corrected chi connectivity index (χ3v) is 6.00. The third-order valence-electron chi connectivity index (χ3n) is 4.66. The van der Waals surface area contributed by atoms with Crippen LogP contribution in [0, 0.1) is 0 Å². The highest BCUT2D eigenvalue weighted by molar-refractivity contribution is 7.99. The lowest BCUT2D eigenvalue weighted by Gasteiger charge is -2.30. The zero-order chi connectivity index (χ0) is 21.1. The summed E-state index contributed by atoms with van der Waals surface area (Å²) in [6.45, 7) is 4.90. The number of likely N-dealkylation sites (N-methyl/N-ethyl adjacent to an activating group) is 1. The first-order valence-electron chi connectivity index (χ1n) is 9.99. The van der Waals surface area contributed by atoms with Gasteiger partial charge in [-0.15, -0.1) is 11.8 Å². The van der Waals surface area contributed by atoms with Gasteiger partial charge < -0.3 is 10.2 Å². The molecule has 0 saturated heterocycles. The van der Waals surface area contributed by atoms with E-state index in [2.05, 4.69) is 5.32 Å². The van der Waals surface area contributed by atoms with E-state index in [0.717, 1.165) is 17.5 Å². The Hall–Kier alpha value is -1.98.